The fraction of sp³-hybridized carbons (Fsp3) is 0.556. The molecule has 2 aromatic rings. The first-order chi connectivity index (χ1) is 14.5. The van der Waals surface area contributed by atoms with Gasteiger partial charge in [-0.05, 0) is 24.5 Å². The Morgan fingerprint density at radius 2 is 1.97 bits per heavy atom. The van der Waals surface area contributed by atoms with Crippen molar-refractivity contribution in [3.8, 4) is 0 Å². The molecule has 13 heteroatoms. The average molecular weight is 449 g/mol. The Kier molecular flexibility index (Phi) is 5.09. The van der Waals surface area contributed by atoms with Crippen LogP contribution >= 0.6 is 0 Å². The maximum Gasteiger partial charge on any atom is 0.433 e. The maximum atomic E-state index is 14.4. The molecule has 2 atom stereocenters. The van der Waals surface area contributed by atoms with E-state index in [1.165, 1.54) is 4.90 Å². The van der Waals surface area contributed by atoms with Crippen LogP contribution in [0.1, 0.15) is 42.4 Å². The van der Waals surface area contributed by atoms with Crippen LogP contribution in [-0.2, 0) is 23.4 Å². The molecule has 0 aliphatic carbocycles. The number of halogens is 6. The minimum atomic E-state index is -4.65. The molecule has 31 heavy (non-hydrogen) atoms. The van der Waals surface area contributed by atoms with Crippen molar-refractivity contribution in [3.05, 3.63) is 45.9 Å². The van der Waals surface area contributed by atoms with E-state index in [0.717, 1.165) is 12.3 Å². The molecule has 4 rings (SSSR count). The lowest BCUT2D eigenvalue weighted by Gasteiger charge is -2.30. The third-order valence-corrected chi connectivity index (χ3v) is 5.42. The Hall–Kier alpha value is -2.86. The summed E-state index contributed by atoms with van der Waals surface area (Å²) in [6.07, 6.45) is -5.88. The van der Waals surface area contributed by atoms with Crippen LogP contribution in [0.25, 0.3) is 0 Å². The Bertz CT molecular complexity index is 1050. The Balaban J connectivity index is 1.66. The summed E-state index contributed by atoms with van der Waals surface area (Å²) in [5.41, 5.74) is -2.00. The smallest absolute Gasteiger partial charge is 0.338 e. The van der Waals surface area contributed by atoms with Crippen molar-refractivity contribution in [2.45, 2.75) is 50.1 Å². The van der Waals surface area contributed by atoms with Crippen molar-refractivity contribution in [1.82, 2.24) is 24.2 Å². The summed E-state index contributed by atoms with van der Waals surface area (Å²) < 4.78 is 81.6. The molecule has 2 aliphatic rings. The highest BCUT2D eigenvalue weighted by atomic mass is 19.4. The fourth-order valence-electron chi connectivity index (χ4n) is 3.83. The average Bonchev–Trinajstić information content (AvgIpc) is 3.26. The molecule has 2 aromatic heterocycles. The van der Waals surface area contributed by atoms with E-state index in [1.807, 2.05) is 0 Å². The summed E-state index contributed by atoms with van der Waals surface area (Å²) in [5, 5.41) is 3.67. The van der Waals surface area contributed by atoms with E-state index in [1.54, 1.807) is 0 Å². The van der Waals surface area contributed by atoms with Gasteiger partial charge in [-0.15, -0.1) is 5.10 Å². The molecule has 168 valence electrons. The van der Waals surface area contributed by atoms with Gasteiger partial charge in [0.2, 0.25) is 11.7 Å². The summed E-state index contributed by atoms with van der Waals surface area (Å²) in [4.78, 5) is 30.1. The molecule has 0 bridgehead atoms. The van der Waals surface area contributed by atoms with Crippen LogP contribution in [0, 0.1) is 0 Å². The second-order valence-electron chi connectivity index (χ2n) is 7.61. The third kappa shape index (κ3) is 3.92. The van der Waals surface area contributed by atoms with Gasteiger partial charge in [0, 0.05) is 19.2 Å². The van der Waals surface area contributed by atoms with E-state index >= 15 is 0 Å². The zero-order valence-corrected chi connectivity index (χ0v) is 15.9. The number of amides is 1. The number of hydrogen-bond donors (Lipinski definition) is 0. The lowest BCUT2D eigenvalue weighted by molar-refractivity contribution is -0.141. The van der Waals surface area contributed by atoms with Gasteiger partial charge in [-0.25, -0.2) is 13.9 Å². The monoisotopic (exact) mass is 449 g/mol. The Morgan fingerprint density at radius 3 is 2.55 bits per heavy atom. The molecular weight excluding hydrogens is 432 g/mol. The molecule has 7 nitrogen and oxygen atoms in total. The van der Waals surface area contributed by atoms with E-state index in [4.69, 9.17) is 0 Å². The molecule has 1 amide bonds. The maximum absolute atomic E-state index is 14.4. The molecule has 1 fully saturated rings. The van der Waals surface area contributed by atoms with E-state index in [0.29, 0.717) is 15.3 Å². The molecule has 0 N–H and O–H groups in total. The summed E-state index contributed by atoms with van der Waals surface area (Å²) >= 11 is 0. The zero-order chi connectivity index (χ0) is 22.6. The third-order valence-electron chi connectivity index (χ3n) is 5.42. The number of aromatic nitrogens is 4. The number of pyridine rings is 1. The zero-order valence-electron chi connectivity index (χ0n) is 15.9. The summed E-state index contributed by atoms with van der Waals surface area (Å²) in [6, 6.07) is 0.525. The van der Waals surface area contributed by atoms with Crippen molar-refractivity contribution >= 4 is 5.91 Å². The largest absolute Gasteiger partial charge is 0.433 e. The quantitative estimate of drug-likeness (QED) is 0.676. The second kappa shape index (κ2) is 7.38. The van der Waals surface area contributed by atoms with Gasteiger partial charge >= 0.3 is 17.8 Å². The predicted octanol–water partition coefficient (Wildman–Crippen LogP) is 2.50. The van der Waals surface area contributed by atoms with Gasteiger partial charge in [0.25, 0.3) is 0 Å². The van der Waals surface area contributed by atoms with Crippen LogP contribution in [0.2, 0.25) is 0 Å². The van der Waals surface area contributed by atoms with Crippen LogP contribution < -0.4 is 5.69 Å². The van der Waals surface area contributed by atoms with Gasteiger partial charge in [-0.3, -0.25) is 14.3 Å². The number of carbonyl (C=O) groups is 1. The molecule has 0 saturated carbocycles. The minimum absolute atomic E-state index is 0.127. The van der Waals surface area contributed by atoms with E-state index in [9.17, 15) is 35.9 Å². The second-order valence-corrected chi connectivity index (χ2v) is 7.61. The fourth-order valence-corrected chi connectivity index (χ4v) is 3.83. The van der Waals surface area contributed by atoms with E-state index in [-0.39, 0.29) is 31.5 Å². The van der Waals surface area contributed by atoms with Gasteiger partial charge < -0.3 is 4.90 Å². The van der Waals surface area contributed by atoms with Gasteiger partial charge in [0.05, 0.1) is 13.1 Å². The summed E-state index contributed by atoms with van der Waals surface area (Å²) in [7, 11) is 0. The molecule has 4 heterocycles. The number of likely N-dealkylation sites (tertiary alicyclic amines) is 1. The van der Waals surface area contributed by atoms with Gasteiger partial charge in [-0.2, -0.15) is 22.0 Å². The molecular formula is C18H17F6N5O2. The van der Waals surface area contributed by atoms with Crippen LogP contribution in [0.4, 0.5) is 26.3 Å². The van der Waals surface area contributed by atoms with E-state index < -0.39 is 60.4 Å². The van der Waals surface area contributed by atoms with Crippen molar-refractivity contribution in [1.29, 1.82) is 0 Å². The van der Waals surface area contributed by atoms with Crippen LogP contribution in [0.3, 0.4) is 0 Å². The summed E-state index contributed by atoms with van der Waals surface area (Å²) in [5.74, 6) is -4.99. The lowest BCUT2D eigenvalue weighted by atomic mass is 10.0. The number of hydrogen-bond acceptors (Lipinski definition) is 4. The van der Waals surface area contributed by atoms with Crippen LogP contribution in [-0.4, -0.2) is 49.4 Å². The number of alkyl halides is 6. The molecule has 0 radical (unpaired) electrons. The van der Waals surface area contributed by atoms with Gasteiger partial charge in [0.15, 0.2) is 0 Å². The lowest BCUT2D eigenvalue weighted by Crippen LogP contribution is -2.44. The first-order valence-electron chi connectivity index (χ1n) is 9.50. The van der Waals surface area contributed by atoms with Gasteiger partial charge in [0.1, 0.15) is 17.9 Å². The predicted molar refractivity (Wildman–Crippen MR) is 93.1 cm³/mol. The molecule has 0 spiro atoms. The highest BCUT2D eigenvalue weighted by Crippen LogP contribution is 2.40. The summed E-state index contributed by atoms with van der Waals surface area (Å²) in [6.45, 7) is -0.444. The highest BCUT2D eigenvalue weighted by Gasteiger charge is 2.48. The van der Waals surface area contributed by atoms with Crippen molar-refractivity contribution in [2.24, 2.45) is 0 Å². The molecule has 0 aromatic carbocycles. The number of carbonyl (C=O) groups excluding carboxylic acids is 1. The number of fused-ring (bicyclic) bond motifs is 1. The number of rotatable bonds is 3. The normalized spacial score (nSPS) is 23.1. The van der Waals surface area contributed by atoms with E-state index in [2.05, 4.69) is 10.1 Å². The Labute approximate surface area is 171 Å². The van der Waals surface area contributed by atoms with Crippen molar-refractivity contribution in [2.75, 3.05) is 13.1 Å². The SMILES string of the molecule is O=C([C@@H]1CCC(F)(F)c2nn(Cc3ccc(C(F)(F)F)nc3)c(=O)n21)N1CC[C@H](F)C1. The number of nitrogens with zero attached hydrogens (tertiary/aromatic N) is 5. The highest BCUT2D eigenvalue weighted by molar-refractivity contribution is 5.81. The minimum Gasteiger partial charge on any atom is -0.338 e. The standard InChI is InChI=1S/C18H17F6N5O2/c19-11-4-6-27(9-11)14(30)12-3-5-17(20,21)15-26-28(16(31)29(12)15)8-10-1-2-13(25-7-10)18(22,23)24/h1-2,7,11-12H,3-6,8-9H2/t11-,12-/m0/s1. The molecule has 1 saturated heterocycles. The van der Waals surface area contributed by atoms with Crippen LogP contribution in [0.5, 0.6) is 0 Å². The van der Waals surface area contributed by atoms with Gasteiger partial charge in [-0.1, -0.05) is 6.07 Å². The first-order valence-corrected chi connectivity index (χ1v) is 9.50. The molecule has 0 unspecified atom stereocenters. The first kappa shape index (κ1) is 21.4. The topological polar surface area (TPSA) is 73.0 Å². The molecule has 2 aliphatic heterocycles. The van der Waals surface area contributed by atoms with Crippen LogP contribution in [0.15, 0.2) is 23.1 Å². The van der Waals surface area contributed by atoms with Crippen molar-refractivity contribution < 1.29 is 31.1 Å². The van der Waals surface area contributed by atoms with Crippen molar-refractivity contribution in [3.63, 3.8) is 0 Å². The Morgan fingerprint density at radius 1 is 1.23 bits per heavy atom.